The van der Waals surface area contributed by atoms with Crippen LogP contribution < -0.4 is 10.2 Å². The van der Waals surface area contributed by atoms with Crippen LogP contribution in [0.4, 0.5) is 16.3 Å². The van der Waals surface area contributed by atoms with E-state index in [2.05, 4.69) is 15.3 Å². The Morgan fingerprint density at radius 3 is 3.00 bits per heavy atom. The van der Waals surface area contributed by atoms with Crippen molar-refractivity contribution in [2.45, 2.75) is 0 Å². The van der Waals surface area contributed by atoms with E-state index in [4.69, 9.17) is 16.3 Å². The van der Waals surface area contributed by atoms with Gasteiger partial charge < -0.3 is 19.9 Å². The Hall–Kier alpha value is -1.76. The van der Waals surface area contributed by atoms with Crippen LogP contribution in [0.5, 0.6) is 0 Å². The fourth-order valence-electron chi connectivity index (χ4n) is 1.87. The summed E-state index contributed by atoms with van der Waals surface area (Å²) in [6.07, 6.45) is 1.15. The number of ether oxygens (including phenoxy) is 1. The molecule has 0 bridgehead atoms. The first-order valence-corrected chi connectivity index (χ1v) is 6.32. The van der Waals surface area contributed by atoms with Gasteiger partial charge in [-0.05, 0) is 0 Å². The van der Waals surface area contributed by atoms with Crippen molar-refractivity contribution in [3.05, 3.63) is 11.5 Å². The minimum absolute atomic E-state index is 0.261. The summed E-state index contributed by atoms with van der Waals surface area (Å²) < 4.78 is 4.88. The number of cyclic esters (lactones) is 1. The number of anilines is 2. The topological polar surface area (TPSA) is 70.6 Å². The van der Waals surface area contributed by atoms with Crippen LogP contribution >= 0.6 is 11.6 Å². The van der Waals surface area contributed by atoms with Crippen LogP contribution in [-0.4, -0.2) is 61.3 Å². The number of aromatic nitrogens is 2. The van der Waals surface area contributed by atoms with Crippen molar-refractivity contribution in [3.8, 4) is 0 Å². The highest BCUT2D eigenvalue weighted by atomic mass is 35.5. The largest absolute Gasteiger partial charge is 0.448 e. The molecule has 0 saturated carbocycles. The van der Waals surface area contributed by atoms with Gasteiger partial charge in [0.1, 0.15) is 18.6 Å². The van der Waals surface area contributed by atoms with Gasteiger partial charge in [-0.3, -0.25) is 0 Å². The highest BCUT2D eigenvalue weighted by Gasteiger charge is 2.22. The van der Waals surface area contributed by atoms with Crippen LogP contribution in [0, 0.1) is 0 Å². The number of rotatable bonds is 5. The fraction of sp³-hybridized carbons (Fsp3) is 0.545. The highest BCUT2D eigenvalue weighted by Crippen LogP contribution is 2.27. The molecule has 0 atom stereocenters. The van der Waals surface area contributed by atoms with Gasteiger partial charge in [-0.15, -0.1) is 0 Å². The smallest absolute Gasteiger partial charge is 0.409 e. The molecule has 1 aliphatic heterocycles. The number of nitrogens with zero attached hydrogens (tertiary/aromatic N) is 4. The summed E-state index contributed by atoms with van der Waals surface area (Å²) >= 11 is 6.00. The molecule has 104 valence electrons. The van der Waals surface area contributed by atoms with Crippen LogP contribution in [-0.2, 0) is 4.74 Å². The third-order valence-corrected chi connectivity index (χ3v) is 3.23. The second-order valence-corrected chi connectivity index (χ2v) is 4.49. The number of nitrogens with one attached hydrogen (secondary N) is 1. The first-order chi connectivity index (χ1) is 9.13. The Bertz CT molecular complexity index is 470. The van der Waals surface area contributed by atoms with Crippen LogP contribution in [0.1, 0.15) is 0 Å². The van der Waals surface area contributed by atoms with E-state index in [9.17, 15) is 4.79 Å². The van der Waals surface area contributed by atoms with Gasteiger partial charge in [0.2, 0.25) is 0 Å². The molecular formula is C11H16ClN5O2. The molecule has 0 unspecified atom stereocenters. The van der Waals surface area contributed by atoms with Crippen LogP contribution in [0.3, 0.4) is 0 Å². The number of halogens is 1. The number of hydrogen-bond acceptors (Lipinski definition) is 6. The van der Waals surface area contributed by atoms with E-state index in [1.807, 2.05) is 11.9 Å². The lowest BCUT2D eigenvalue weighted by Gasteiger charge is -2.23. The van der Waals surface area contributed by atoms with Crippen molar-refractivity contribution >= 4 is 29.2 Å². The molecule has 2 heterocycles. The number of carbonyl (C=O) groups is 1. The van der Waals surface area contributed by atoms with E-state index < -0.39 is 0 Å². The Morgan fingerprint density at radius 2 is 2.37 bits per heavy atom. The van der Waals surface area contributed by atoms with E-state index >= 15 is 0 Å². The summed E-state index contributed by atoms with van der Waals surface area (Å²) in [6.45, 7) is 2.32. The SMILES string of the molecule is CNc1c(Cl)ncnc1N(C)CCN1CCOC1=O. The van der Waals surface area contributed by atoms with Crippen LogP contribution in [0.15, 0.2) is 6.33 Å². The molecule has 1 N–H and O–H groups in total. The zero-order valence-electron chi connectivity index (χ0n) is 10.9. The number of hydrogen-bond donors (Lipinski definition) is 1. The number of amides is 1. The molecule has 1 fully saturated rings. The first kappa shape index (κ1) is 13.7. The maximum Gasteiger partial charge on any atom is 0.409 e. The number of carbonyl (C=O) groups excluding carboxylic acids is 1. The molecule has 1 aliphatic rings. The molecule has 8 heteroatoms. The monoisotopic (exact) mass is 285 g/mol. The summed E-state index contributed by atoms with van der Waals surface area (Å²) in [5.74, 6) is 0.704. The van der Waals surface area contributed by atoms with Gasteiger partial charge in [0.05, 0.1) is 6.54 Å². The van der Waals surface area contributed by atoms with E-state index in [0.717, 1.165) is 0 Å². The van der Waals surface area contributed by atoms with Gasteiger partial charge in [-0.25, -0.2) is 14.8 Å². The summed E-state index contributed by atoms with van der Waals surface area (Å²) in [5.41, 5.74) is 0.677. The molecule has 0 radical (unpaired) electrons. The average molecular weight is 286 g/mol. The van der Waals surface area contributed by atoms with Crippen molar-refractivity contribution in [2.75, 3.05) is 50.6 Å². The molecule has 1 saturated heterocycles. The van der Waals surface area contributed by atoms with Gasteiger partial charge in [-0.1, -0.05) is 11.6 Å². The maximum absolute atomic E-state index is 11.3. The van der Waals surface area contributed by atoms with Gasteiger partial charge in [0, 0.05) is 27.2 Å². The van der Waals surface area contributed by atoms with Crippen LogP contribution in [0.2, 0.25) is 5.15 Å². The Labute approximate surface area is 116 Å². The second-order valence-electron chi connectivity index (χ2n) is 4.14. The normalized spacial score (nSPS) is 14.5. The van der Waals surface area contributed by atoms with Crippen molar-refractivity contribution in [2.24, 2.45) is 0 Å². The summed E-state index contributed by atoms with van der Waals surface area (Å²) in [5, 5.41) is 3.35. The lowest BCUT2D eigenvalue weighted by Crippen LogP contribution is -2.34. The van der Waals surface area contributed by atoms with Crippen molar-refractivity contribution in [1.29, 1.82) is 0 Å². The van der Waals surface area contributed by atoms with E-state index in [1.54, 1.807) is 11.9 Å². The van der Waals surface area contributed by atoms with E-state index in [1.165, 1.54) is 6.33 Å². The molecule has 0 aliphatic carbocycles. The fourth-order valence-corrected chi connectivity index (χ4v) is 2.09. The van der Waals surface area contributed by atoms with Gasteiger partial charge >= 0.3 is 6.09 Å². The Kier molecular flexibility index (Phi) is 4.26. The van der Waals surface area contributed by atoms with Crippen molar-refractivity contribution < 1.29 is 9.53 Å². The number of likely N-dealkylation sites (N-methyl/N-ethyl adjacent to an activating group) is 1. The lowest BCUT2D eigenvalue weighted by molar-refractivity contribution is 0.159. The quantitative estimate of drug-likeness (QED) is 0.816. The molecule has 1 amide bonds. The van der Waals surface area contributed by atoms with Gasteiger partial charge in [-0.2, -0.15) is 0 Å². The lowest BCUT2D eigenvalue weighted by atomic mass is 10.4. The predicted octanol–water partition coefficient (Wildman–Crippen LogP) is 1.06. The second kappa shape index (κ2) is 5.92. The third-order valence-electron chi connectivity index (χ3n) is 2.94. The predicted molar refractivity (Wildman–Crippen MR) is 72.8 cm³/mol. The Balaban J connectivity index is 2.01. The Morgan fingerprint density at radius 1 is 1.58 bits per heavy atom. The minimum atomic E-state index is -0.261. The standard InChI is InChI=1S/C11H16ClN5O2/c1-13-8-9(12)14-7-15-10(8)16(2)3-4-17-5-6-19-11(17)18/h7,13H,3-6H2,1-2H3. The van der Waals surface area contributed by atoms with Gasteiger partial charge in [0.25, 0.3) is 0 Å². The molecule has 0 spiro atoms. The molecule has 19 heavy (non-hydrogen) atoms. The zero-order chi connectivity index (χ0) is 13.8. The van der Waals surface area contributed by atoms with Crippen molar-refractivity contribution in [3.63, 3.8) is 0 Å². The van der Waals surface area contributed by atoms with Crippen LogP contribution in [0.25, 0.3) is 0 Å². The average Bonchev–Trinajstić information content (AvgIpc) is 2.81. The highest BCUT2D eigenvalue weighted by molar-refractivity contribution is 6.32. The van der Waals surface area contributed by atoms with Crippen molar-refractivity contribution in [1.82, 2.24) is 14.9 Å². The zero-order valence-corrected chi connectivity index (χ0v) is 11.6. The minimum Gasteiger partial charge on any atom is -0.448 e. The van der Waals surface area contributed by atoms with E-state index in [0.29, 0.717) is 42.9 Å². The van der Waals surface area contributed by atoms with Gasteiger partial charge in [0.15, 0.2) is 11.0 Å². The molecule has 1 aromatic rings. The maximum atomic E-state index is 11.3. The molecule has 2 rings (SSSR count). The molecular weight excluding hydrogens is 270 g/mol. The molecule has 0 aromatic carbocycles. The summed E-state index contributed by atoms with van der Waals surface area (Å²) in [7, 11) is 3.65. The first-order valence-electron chi connectivity index (χ1n) is 5.94. The summed E-state index contributed by atoms with van der Waals surface area (Å²) in [6, 6.07) is 0. The molecule has 7 nitrogen and oxygen atoms in total. The molecule has 1 aromatic heterocycles. The summed E-state index contributed by atoms with van der Waals surface area (Å²) in [4.78, 5) is 23.0. The van der Waals surface area contributed by atoms with E-state index in [-0.39, 0.29) is 6.09 Å². The third kappa shape index (κ3) is 2.98.